The van der Waals surface area contributed by atoms with Crippen LogP contribution in [0.2, 0.25) is 0 Å². The zero-order valence-electron chi connectivity index (χ0n) is 15.8. The molecule has 1 amide bonds. The number of nitrogens with one attached hydrogen (secondary N) is 2. The van der Waals surface area contributed by atoms with Gasteiger partial charge in [-0.15, -0.1) is 10.2 Å². The molecule has 144 valence electrons. The summed E-state index contributed by atoms with van der Waals surface area (Å²) in [4.78, 5) is 18.7. The smallest absolute Gasteiger partial charge is 0.222 e. The number of likely N-dealkylation sites (tertiary alicyclic amines) is 1. The van der Waals surface area contributed by atoms with Crippen LogP contribution in [0.3, 0.4) is 0 Å². The van der Waals surface area contributed by atoms with Crippen LogP contribution >= 0.6 is 0 Å². The lowest BCUT2D eigenvalue weighted by Crippen LogP contribution is -2.39. The Morgan fingerprint density at radius 3 is 2.92 bits per heavy atom. The molecule has 0 radical (unpaired) electrons. The third-order valence-electron chi connectivity index (χ3n) is 4.98. The molecule has 0 unspecified atom stereocenters. The Balaban J connectivity index is 1.44. The molecular weight excluding hydrogens is 330 g/mol. The van der Waals surface area contributed by atoms with Crippen LogP contribution < -0.4 is 10.6 Å². The maximum Gasteiger partial charge on any atom is 0.222 e. The van der Waals surface area contributed by atoms with E-state index in [1.54, 1.807) is 0 Å². The molecule has 0 spiro atoms. The number of carbonyl (C=O) groups excluding carboxylic acids is 1. The molecule has 0 aromatic carbocycles. The van der Waals surface area contributed by atoms with Crippen LogP contribution in [0, 0.1) is 0 Å². The first-order valence-corrected chi connectivity index (χ1v) is 9.99. The SMILES string of the molecule is CCNC(=NCc1nnc2n1CCC2)NCCCN1CCCCCC1=O. The number of carbonyl (C=O) groups is 1. The Labute approximate surface area is 155 Å². The first-order valence-electron chi connectivity index (χ1n) is 9.99. The number of amides is 1. The van der Waals surface area contributed by atoms with Crippen molar-refractivity contribution < 1.29 is 4.79 Å². The van der Waals surface area contributed by atoms with E-state index in [2.05, 4.69) is 37.3 Å². The van der Waals surface area contributed by atoms with Gasteiger partial charge in [0, 0.05) is 45.6 Å². The van der Waals surface area contributed by atoms with Crippen molar-refractivity contribution in [3.63, 3.8) is 0 Å². The van der Waals surface area contributed by atoms with Gasteiger partial charge in [0.15, 0.2) is 11.8 Å². The molecule has 1 aromatic rings. The molecule has 2 aliphatic rings. The lowest BCUT2D eigenvalue weighted by Gasteiger charge is -2.20. The first-order chi connectivity index (χ1) is 12.8. The van der Waals surface area contributed by atoms with E-state index in [-0.39, 0.29) is 0 Å². The zero-order valence-corrected chi connectivity index (χ0v) is 15.8. The van der Waals surface area contributed by atoms with E-state index in [1.807, 2.05) is 4.90 Å². The largest absolute Gasteiger partial charge is 0.357 e. The molecule has 0 bridgehead atoms. The predicted octanol–water partition coefficient (Wildman–Crippen LogP) is 1.07. The van der Waals surface area contributed by atoms with Crippen molar-refractivity contribution in [1.29, 1.82) is 0 Å². The first kappa shape index (κ1) is 18.7. The monoisotopic (exact) mass is 361 g/mol. The van der Waals surface area contributed by atoms with E-state index >= 15 is 0 Å². The molecule has 1 saturated heterocycles. The van der Waals surface area contributed by atoms with Crippen LogP contribution in [0.25, 0.3) is 0 Å². The molecule has 26 heavy (non-hydrogen) atoms. The van der Waals surface area contributed by atoms with E-state index in [9.17, 15) is 4.79 Å². The second kappa shape index (κ2) is 9.54. The summed E-state index contributed by atoms with van der Waals surface area (Å²) in [5.74, 6) is 3.12. The molecule has 0 aliphatic carbocycles. The highest BCUT2D eigenvalue weighted by Crippen LogP contribution is 2.14. The number of fused-ring (bicyclic) bond motifs is 1. The van der Waals surface area contributed by atoms with Gasteiger partial charge in [0.05, 0.1) is 0 Å². The van der Waals surface area contributed by atoms with Crippen molar-refractivity contribution in [2.75, 3.05) is 26.2 Å². The van der Waals surface area contributed by atoms with Gasteiger partial charge in [-0.1, -0.05) is 6.42 Å². The standard InChI is InChI=1S/C18H31N7O/c1-2-19-18(21-14-16-23-22-15-8-6-13-25(15)16)20-10-7-12-24-11-5-3-4-9-17(24)26/h2-14H2,1H3,(H2,19,20,21). The third-order valence-corrected chi connectivity index (χ3v) is 4.98. The lowest BCUT2D eigenvalue weighted by atomic mass is 10.2. The molecule has 2 aliphatic heterocycles. The number of aryl methyl sites for hydroxylation is 1. The number of hydrogen-bond acceptors (Lipinski definition) is 4. The summed E-state index contributed by atoms with van der Waals surface area (Å²) in [6, 6.07) is 0. The van der Waals surface area contributed by atoms with E-state index in [4.69, 9.17) is 0 Å². The Morgan fingerprint density at radius 2 is 2.04 bits per heavy atom. The van der Waals surface area contributed by atoms with Crippen LogP contribution in [-0.2, 0) is 24.3 Å². The fourth-order valence-electron chi connectivity index (χ4n) is 3.57. The number of hydrogen-bond donors (Lipinski definition) is 2. The molecule has 2 N–H and O–H groups in total. The maximum atomic E-state index is 12.0. The van der Waals surface area contributed by atoms with Gasteiger partial charge in [0.1, 0.15) is 12.4 Å². The minimum Gasteiger partial charge on any atom is -0.357 e. The number of nitrogens with zero attached hydrogens (tertiary/aromatic N) is 5. The van der Waals surface area contributed by atoms with Crippen LogP contribution in [0.5, 0.6) is 0 Å². The van der Waals surface area contributed by atoms with E-state index < -0.39 is 0 Å². The van der Waals surface area contributed by atoms with Gasteiger partial charge in [0.2, 0.25) is 5.91 Å². The normalized spacial score (nSPS) is 18.0. The molecule has 8 nitrogen and oxygen atoms in total. The Hall–Kier alpha value is -2.12. The summed E-state index contributed by atoms with van der Waals surface area (Å²) in [6.45, 7) is 6.94. The van der Waals surface area contributed by atoms with E-state index in [0.29, 0.717) is 18.9 Å². The Kier molecular flexibility index (Phi) is 6.85. The highest BCUT2D eigenvalue weighted by Gasteiger charge is 2.17. The maximum absolute atomic E-state index is 12.0. The minimum absolute atomic E-state index is 0.309. The molecular formula is C18H31N7O. The predicted molar refractivity (Wildman–Crippen MR) is 101 cm³/mol. The van der Waals surface area contributed by atoms with Crippen molar-refractivity contribution in [3.8, 4) is 0 Å². The van der Waals surface area contributed by atoms with Gasteiger partial charge in [0.25, 0.3) is 0 Å². The van der Waals surface area contributed by atoms with Crippen molar-refractivity contribution in [2.45, 2.75) is 65.0 Å². The van der Waals surface area contributed by atoms with E-state index in [0.717, 1.165) is 82.4 Å². The number of guanidine groups is 1. The molecule has 1 aromatic heterocycles. The summed E-state index contributed by atoms with van der Waals surface area (Å²) >= 11 is 0. The third kappa shape index (κ3) is 4.95. The van der Waals surface area contributed by atoms with Gasteiger partial charge >= 0.3 is 0 Å². The Bertz CT molecular complexity index is 625. The summed E-state index contributed by atoms with van der Waals surface area (Å²) in [6.07, 6.45) is 7.14. The van der Waals surface area contributed by atoms with Crippen LogP contribution in [0.15, 0.2) is 4.99 Å². The summed E-state index contributed by atoms with van der Waals surface area (Å²) in [5.41, 5.74) is 0. The van der Waals surface area contributed by atoms with Crippen LogP contribution in [-0.4, -0.2) is 57.7 Å². The number of rotatable bonds is 7. The summed E-state index contributed by atoms with van der Waals surface area (Å²) in [5, 5.41) is 15.1. The molecule has 3 heterocycles. The van der Waals surface area contributed by atoms with Gasteiger partial charge in [-0.2, -0.15) is 0 Å². The quantitative estimate of drug-likeness (QED) is 0.431. The molecule has 0 saturated carbocycles. The van der Waals surface area contributed by atoms with Crippen molar-refractivity contribution >= 4 is 11.9 Å². The van der Waals surface area contributed by atoms with Gasteiger partial charge < -0.3 is 20.1 Å². The van der Waals surface area contributed by atoms with Crippen LogP contribution in [0.1, 0.15) is 57.1 Å². The fraction of sp³-hybridized carbons (Fsp3) is 0.778. The second-order valence-corrected chi connectivity index (χ2v) is 6.95. The summed E-state index contributed by atoms with van der Waals surface area (Å²) in [7, 11) is 0. The molecule has 8 heteroatoms. The number of aromatic nitrogens is 3. The average molecular weight is 361 g/mol. The summed E-state index contributed by atoms with van der Waals surface area (Å²) < 4.78 is 2.18. The van der Waals surface area contributed by atoms with Gasteiger partial charge in [-0.05, 0) is 32.6 Å². The molecule has 3 rings (SSSR count). The lowest BCUT2D eigenvalue weighted by molar-refractivity contribution is -0.130. The highest BCUT2D eigenvalue weighted by molar-refractivity contribution is 5.79. The van der Waals surface area contributed by atoms with Crippen molar-refractivity contribution in [1.82, 2.24) is 30.3 Å². The van der Waals surface area contributed by atoms with E-state index in [1.165, 1.54) is 6.42 Å². The zero-order chi connectivity index (χ0) is 18.2. The van der Waals surface area contributed by atoms with Gasteiger partial charge in [-0.3, -0.25) is 4.79 Å². The second-order valence-electron chi connectivity index (χ2n) is 6.95. The Morgan fingerprint density at radius 1 is 1.12 bits per heavy atom. The highest BCUT2D eigenvalue weighted by atomic mass is 16.2. The fourth-order valence-corrected chi connectivity index (χ4v) is 3.57. The van der Waals surface area contributed by atoms with Gasteiger partial charge in [-0.25, -0.2) is 4.99 Å². The van der Waals surface area contributed by atoms with Crippen molar-refractivity contribution in [2.24, 2.45) is 4.99 Å². The van der Waals surface area contributed by atoms with Crippen molar-refractivity contribution in [3.05, 3.63) is 11.6 Å². The minimum atomic E-state index is 0.309. The molecule has 1 fully saturated rings. The topological polar surface area (TPSA) is 87.4 Å². The average Bonchev–Trinajstić information content (AvgIpc) is 3.19. The molecule has 0 atom stereocenters. The van der Waals surface area contributed by atoms with Crippen LogP contribution in [0.4, 0.5) is 0 Å². The number of aliphatic imine (C=N–C) groups is 1.